The van der Waals surface area contributed by atoms with Gasteiger partial charge in [-0.2, -0.15) is 0 Å². The number of benzene rings is 1. The lowest BCUT2D eigenvalue weighted by Gasteiger charge is -2.30. The number of likely N-dealkylation sites (tertiary alicyclic amines) is 1. The number of nitrogens with zero attached hydrogens (tertiary/aromatic N) is 2. The maximum absolute atomic E-state index is 13.0. The van der Waals surface area contributed by atoms with E-state index in [0.717, 1.165) is 42.3 Å². The van der Waals surface area contributed by atoms with Crippen molar-refractivity contribution in [2.75, 3.05) is 51.8 Å². The molecule has 0 saturated carbocycles. The first-order valence-corrected chi connectivity index (χ1v) is 11.8. The topological polar surface area (TPSA) is 68.3 Å². The number of thioether (sulfide) groups is 1. The number of ether oxygens (including phenoxy) is 3. The van der Waals surface area contributed by atoms with Crippen molar-refractivity contribution in [3.8, 4) is 11.5 Å². The average molecular weight is 437 g/mol. The van der Waals surface area contributed by atoms with Crippen molar-refractivity contribution < 1.29 is 23.8 Å². The normalized spacial score (nSPS) is 18.3. The Labute approximate surface area is 183 Å². The summed E-state index contributed by atoms with van der Waals surface area (Å²) in [5.74, 6) is 1.58. The van der Waals surface area contributed by atoms with Crippen LogP contribution < -0.4 is 9.47 Å². The Morgan fingerprint density at radius 2 is 2.03 bits per heavy atom. The Kier molecular flexibility index (Phi) is 8.69. The van der Waals surface area contributed by atoms with Gasteiger partial charge < -0.3 is 19.1 Å². The monoisotopic (exact) mass is 436 g/mol. The second-order valence-electron chi connectivity index (χ2n) is 7.41. The fraction of sp³-hybridized carbons (Fsp3) is 0.636. The van der Waals surface area contributed by atoms with E-state index in [4.69, 9.17) is 14.2 Å². The molecule has 1 fully saturated rings. The molecule has 0 aliphatic carbocycles. The zero-order chi connectivity index (χ0) is 21.3. The van der Waals surface area contributed by atoms with Crippen LogP contribution in [0.1, 0.15) is 33.1 Å². The Morgan fingerprint density at radius 1 is 1.23 bits per heavy atom. The molecule has 1 aromatic carbocycles. The summed E-state index contributed by atoms with van der Waals surface area (Å²) in [7, 11) is 0. The summed E-state index contributed by atoms with van der Waals surface area (Å²) in [4.78, 5) is 30.1. The highest BCUT2D eigenvalue weighted by Crippen LogP contribution is 2.34. The van der Waals surface area contributed by atoms with Crippen LogP contribution in [0.25, 0.3) is 0 Å². The number of carbonyl (C=O) groups is 2. The lowest BCUT2D eigenvalue weighted by atomic mass is 10.2. The van der Waals surface area contributed by atoms with Gasteiger partial charge in [-0.3, -0.25) is 14.5 Å². The first-order valence-electron chi connectivity index (χ1n) is 10.8. The van der Waals surface area contributed by atoms with Crippen LogP contribution in [-0.4, -0.2) is 79.5 Å². The van der Waals surface area contributed by atoms with Gasteiger partial charge in [-0.05, 0) is 51.1 Å². The van der Waals surface area contributed by atoms with Gasteiger partial charge in [0.1, 0.15) is 13.2 Å². The Morgan fingerprint density at radius 3 is 2.80 bits per heavy atom. The molecule has 2 aliphatic heterocycles. The number of carbonyl (C=O) groups excluding carboxylic acids is 2. The molecule has 0 aromatic heterocycles. The summed E-state index contributed by atoms with van der Waals surface area (Å²) >= 11 is 1.48. The van der Waals surface area contributed by atoms with Gasteiger partial charge in [-0.15, -0.1) is 11.8 Å². The molecule has 0 spiro atoms. The SMILES string of the molecule is CCOC(=O)CCN(CC1CCCN1CC)C(=O)CSc1ccc2c(c1)OCCO2. The van der Waals surface area contributed by atoms with E-state index < -0.39 is 0 Å². The Hall–Kier alpha value is -1.93. The molecular formula is C22H32N2O5S. The summed E-state index contributed by atoms with van der Waals surface area (Å²) < 4.78 is 16.2. The van der Waals surface area contributed by atoms with E-state index in [0.29, 0.717) is 44.7 Å². The van der Waals surface area contributed by atoms with Crippen molar-refractivity contribution in [1.29, 1.82) is 0 Å². The molecule has 30 heavy (non-hydrogen) atoms. The molecule has 0 N–H and O–H groups in total. The lowest BCUT2D eigenvalue weighted by molar-refractivity contribution is -0.144. The molecule has 0 radical (unpaired) electrons. The number of fused-ring (bicyclic) bond motifs is 1. The van der Waals surface area contributed by atoms with Gasteiger partial charge in [0, 0.05) is 24.0 Å². The number of likely N-dealkylation sites (N-methyl/N-ethyl adjacent to an activating group) is 1. The molecule has 3 rings (SSSR count). The van der Waals surface area contributed by atoms with Crippen LogP contribution in [0.2, 0.25) is 0 Å². The van der Waals surface area contributed by atoms with E-state index in [2.05, 4.69) is 11.8 Å². The third kappa shape index (κ3) is 6.28. The summed E-state index contributed by atoms with van der Waals surface area (Å²) in [5, 5.41) is 0. The van der Waals surface area contributed by atoms with Gasteiger partial charge in [0.05, 0.1) is 18.8 Å². The minimum atomic E-state index is -0.256. The maximum Gasteiger partial charge on any atom is 0.307 e. The minimum Gasteiger partial charge on any atom is -0.486 e. The molecular weight excluding hydrogens is 404 g/mol. The first-order chi connectivity index (χ1) is 14.6. The fourth-order valence-corrected chi connectivity index (χ4v) is 4.73. The van der Waals surface area contributed by atoms with Crippen LogP contribution in [-0.2, 0) is 14.3 Å². The van der Waals surface area contributed by atoms with E-state index in [1.807, 2.05) is 23.1 Å². The number of amides is 1. The third-order valence-corrected chi connectivity index (χ3v) is 6.43. The zero-order valence-electron chi connectivity index (χ0n) is 17.9. The van der Waals surface area contributed by atoms with Crippen molar-refractivity contribution in [3.63, 3.8) is 0 Å². The molecule has 1 saturated heterocycles. The van der Waals surface area contributed by atoms with Crippen LogP contribution in [0.15, 0.2) is 23.1 Å². The molecule has 1 atom stereocenters. The Bertz CT molecular complexity index is 729. The maximum atomic E-state index is 13.0. The highest BCUT2D eigenvalue weighted by Gasteiger charge is 2.27. The first kappa shape index (κ1) is 22.7. The van der Waals surface area contributed by atoms with E-state index in [1.165, 1.54) is 11.8 Å². The van der Waals surface area contributed by atoms with Crippen molar-refractivity contribution in [2.45, 2.75) is 44.0 Å². The van der Waals surface area contributed by atoms with Gasteiger partial charge >= 0.3 is 5.97 Å². The summed E-state index contributed by atoms with van der Waals surface area (Å²) in [5.41, 5.74) is 0. The largest absolute Gasteiger partial charge is 0.486 e. The average Bonchev–Trinajstić information content (AvgIpc) is 3.22. The third-order valence-electron chi connectivity index (χ3n) is 5.46. The molecule has 7 nitrogen and oxygen atoms in total. The molecule has 2 aliphatic rings. The van der Waals surface area contributed by atoms with E-state index in [9.17, 15) is 9.59 Å². The number of hydrogen-bond acceptors (Lipinski definition) is 7. The standard InChI is InChI=1S/C22H32N2O5S/c1-3-23-10-5-6-17(23)15-24(11-9-22(26)27-4-2)21(25)16-30-18-7-8-19-20(14-18)29-13-12-28-19/h7-8,14,17H,3-6,9-13,15-16H2,1-2H3. The predicted octanol–water partition coefficient (Wildman–Crippen LogP) is 2.82. The van der Waals surface area contributed by atoms with Gasteiger partial charge in [0.15, 0.2) is 11.5 Å². The molecule has 1 aromatic rings. The number of esters is 1. The highest BCUT2D eigenvalue weighted by atomic mass is 32.2. The molecule has 0 bridgehead atoms. The molecule has 166 valence electrons. The summed E-state index contributed by atoms with van der Waals surface area (Å²) in [6.07, 6.45) is 2.48. The van der Waals surface area contributed by atoms with Crippen LogP contribution in [0, 0.1) is 0 Å². The number of rotatable bonds is 10. The second-order valence-corrected chi connectivity index (χ2v) is 8.46. The van der Waals surface area contributed by atoms with Crippen LogP contribution in [0.5, 0.6) is 11.5 Å². The van der Waals surface area contributed by atoms with Gasteiger partial charge in [-0.1, -0.05) is 6.92 Å². The van der Waals surface area contributed by atoms with Crippen molar-refractivity contribution in [3.05, 3.63) is 18.2 Å². The predicted molar refractivity (Wildman–Crippen MR) is 116 cm³/mol. The summed E-state index contributed by atoms with van der Waals surface area (Å²) in [6.45, 7) is 8.52. The van der Waals surface area contributed by atoms with Crippen LogP contribution in [0.4, 0.5) is 0 Å². The number of hydrogen-bond donors (Lipinski definition) is 0. The van der Waals surface area contributed by atoms with E-state index in [-0.39, 0.29) is 18.3 Å². The van der Waals surface area contributed by atoms with Gasteiger partial charge in [0.2, 0.25) is 5.91 Å². The quantitative estimate of drug-likeness (QED) is 0.413. The van der Waals surface area contributed by atoms with E-state index >= 15 is 0 Å². The van der Waals surface area contributed by atoms with Gasteiger partial charge in [0.25, 0.3) is 0 Å². The lowest BCUT2D eigenvalue weighted by Crippen LogP contribution is -2.44. The van der Waals surface area contributed by atoms with Crippen molar-refractivity contribution in [2.24, 2.45) is 0 Å². The minimum absolute atomic E-state index is 0.0436. The van der Waals surface area contributed by atoms with Crippen molar-refractivity contribution >= 4 is 23.6 Å². The zero-order valence-corrected chi connectivity index (χ0v) is 18.7. The summed E-state index contributed by atoms with van der Waals surface area (Å²) in [6, 6.07) is 6.12. The second kappa shape index (κ2) is 11.5. The van der Waals surface area contributed by atoms with Crippen LogP contribution in [0.3, 0.4) is 0 Å². The smallest absolute Gasteiger partial charge is 0.307 e. The molecule has 1 unspecified atom stereocenters. The fourth-order valence-electron chi connectivity index (χ4n) is 3.90. The van der Waals surface area contributed by atoms with Gasteiger partial charge in [-0.25, -0.2) is 0 Å². The molecule has 2 heterocycles. The molecule has 8 heteroatoms. The molecule has 1 amide bonds. The van der Waals surface area contributed by atoms with Crippen LogP contribution >= 0.6 is 11.8 Å². The van der Waals surface area contributed by atoms with E-state index in [1.54, 1.807) is 6.92 Å². The Balaban J connectivity index is 1.59. The highest BCUT2D eigenvalue weighted by molar-refractivity contribution is 8.00. The van der Waals surface area contributed by atoms with Crippen molar-refractivity contribution in [1.82, 2.24) is 9.80 Å².